The van der Waals surface area contributed by atoms with Crippen LogP contribution in [0.4, 0.5) is 0 Å². The number of amides is 1. The number of H-pyrrole nitrogens is 1. The lowest BCUT2D eigenvalue weighted by atomic mass is 10.1. The summed E-state index contributed by atoms with van der Waals surface area (Å²) in [5.74, 6) is 0.633. The van der Waals surface area contributed by atoms with Crippen molar-refractivity contribution in [2.24, 2.45) is 0 Å². The Bertz CT molecular complexity index is 946. The quantitative estimate of drug-likeness (QED) is 0.699. The lowest BCUT2D eigenvalue weighted by Crippen LogP contribution is -2.31. The van der Waals surface area contributed by atoms with Crippen molar-refractivity contribution < 1.29 is 4.79 Å². The average Bonchev–Trinajstić information content (AvgIpc) is 3.40. The molecule has 1 aliphatic rings. The maximum atomic E-state index is 13.1. The summed E-state index contributed by atoms with van der Waals surface area (Å²) in [6.07, 6.45) is 4.34. The number of hydrogen-bond donors (Lipinski definition) is 1. The molecule has 0 radical (unpaired) electrons. The molecule has 1 amide bonds. The molecule has 8 heteroatoms. The zero-order valence-electron chi connectivity index (χ0n) is 14.8. The Morgan fingerprint density at radius 3 is 2.70 bits per heavy atom. The lowest BCUT2D eigenvalue weighted by Gasteiger charge is -2.22. The number of para-hydroxylation sites is 1. The number of carbonyl (C=O) groups excluding carboxylic acids is 1. The maximum absolute atomic E-state index is 13.1. The molecule has 0 saturated carbocycles. The van der Waals surface area contributed by atoms with Gasteiger partial charge in [0.1, 0.15) is 11.5 Å². The Labute approximate surface area is 167 Å². The minimum atomic E-state index is -0.177. The molecule has 2 aromatic heterocycles. The van der Waals surface area contributed by atoms with Crippen molar-refractivity contribution in [3.05, 3.63) is 63.9 Å². The highest BCUT2D eigenvalue weighted by molar-refractivity contribution is 6.37. The van der Waals surface area contributed by atoms with Crippen LogP contribution in [0.3, 0.4) is 0 Å². The highest BCUT2D eigenvalue weighted by Crippen LogP contribution is 2.33. The van der Waals surface area contributed by atoms with Crippen molar-refractivity contribution in [1.29, 1.82) is 0 Å². The standard InChI is InChI=1S/C19H19Cl2N5O/c1-2-16-23-18(24-26(16)17-12(20)6-3-7-13(17)21)19(27)25-11-5-9-15(25)14-8-4-10-22-14/h3-4,6-8,10,15,22H,2,5,9,11H2,1H3. The molecule has 140 valence electrons. The molecule has 3 heterocycles. The van der Waals surface area contributed by atoms with E-state index < -0.39 is 0 Å². The minimum Gasteiger partial charge on any atom is -0.363 e. The molecular formula is C19H19Cl2N5O. The first-order valence-corrected chi connectivity index (χ1v) is 9.70. The van der Waals surface area contributed by atoms with Crippen LogP contribution in [-0.4, -0.2) is 37.1 Å². The van der Waals surface area contributed by atoms with Gasteiger partial charge in [-0.15, -0.1) is 5.10 Å². The molecule has 6 nitrogen and oxygen atoms in total. The maximum Gasteiger partial charge on any atom is 0.294 e. The van der Waals surface area contributed by atoms with Crippen LogP contribution in [0.25, 0.3) is 5.69 Å². The Kier molecular flexibility index (Phi) is 4.93. The molecule has 1 aliphatic heterocycles. The largest absolute Gasteiger partial charge is 0.363 e. The molecule has 1 aromatic carbocycles. The number of benzene rings is 1. The number of aromatic amines is 1. The van der Waals surface area contributed by atoms with E-state index in [0.717, 1.165) is 18.5 Å². The highest BCUT2D eigenvalue weighted by atomic mass is 35.5. The number of carbonyl (C=O) groups is 1. The van der Waals surface area contributed by atoms with E-state index >= 15 is 0 Å². The summed E-state index contributed by atoms with van der Waals surface area (Å²) in [5.41, 5.74) is 1.58. The van der Waals surface area contributed by atoms with Crippen LogP contribution in [0.2, 0.25) is 10.0 Å². The summed E-state index contributed by atoms with van der Waals surface area (Å²) >= 11 is 12.7. The number of aromatic nitrogens is 4. The van der Waals surface area contributed by atoms with Gasteiger partial charge in [0.25, 0.3) is 5.91 Å². The van der Waals surface area contributed by atoms with Gasteiger partial charge in [-0.05, 0) is 37.1 Å². The second-order valence-electron chi connectivity index (χ2n) is 6.47. The summed E-state index contributed by atoms with van der Waals surface area (Å²) in [6.45, 7) is 2.64. The zero-order valence-corrected chi connectivity index (χ0v) is 16.3. The normalized spacial score (nSPS) is 16.9. The number of likely N-dealkylation sites (tertiary alicyclic amines) is 1. The summed E-state index contributed by atoms with van der Waals surface area (Å²) in [4.78, 5) is 22.7. The third-order valence-corrected chi connectivity index (χ3v) is 5.44. The summed E-state index contributed by atoms with van der Waals surface area (Å²) in [6, 6.07) is 9.23. The summed E-state index contributed by atoms with van der Waals surface area (Å²) in [5, 5.41) is 5.40. The highest BCUT2D eigenvalue weighted by Gasteiger charge is 2.33. The van der Waals surface area contributed by atoms with E-state index in [1.165, 1.54) is 0 Å². The number of halogens is 2. The van der Waals surface area contributed by atoms with Crippen molar-refractivity contribution in [1.82, 2.24) is 24.6 Å². The topological polar surface area (TPSA) is 66.8 Å². The monoisotopic (exact) mass is 403 g/mol. The smallest absolute Gasteiger partial charge is 0.294 e. The zero-order chi connectivity index (χ0) is 19.0. The van der Waals surface area contributed by atoms with Crippen LogP contribution in [0.1, 0.15) is 47.9 Å². The van der Waals surface area contributed by atoms with Gasteiger partial charge in [-0.2, -0.15) is 0 Å². The van der Waals surface area contributed by atoms with Gasteiger partial charge in [-0.3, -0.25) is 4.79 Å². The SMILES string of the molecule is CCc1nc(C(=O)N2CCCC2c2ccc[nH]2)nn1-c1c(Cl)cccc1Cl. The molecule has 1 fully saturated rings. The minimum absolute atomic E-state index is 0.0217. The molecule has 4 rings (SSSR count). The first kappa shape index (κ1) is 18.1. The number of aryl methyl sites for hydroxylation is 1. The van der Waals surface area contributed by atoms with E-state index in [1.54, 1.807) is 22.9 Å². The second kappa shape index (κ2) is 7.37. The van der Waals surface area contributed by atoms with Crippen molar-refractivity contribution in [2.45, 2.75) is 32.2 Å². The first-order valence-electron chi connectivity index (χ1n) is 8.94. The second-order valence-corrected chi connectivity index (χ2v) is 7.28. The van der Waals surface area contributed by atoms with Crippen LogP contribution >= 0.6 is 23.2 Å². The van der Waals surface area contributed by atoms with Crippen LogP contribution < -0.4 is 0 Å². The van der Waals surface area contributed by atoms with E-state index in [0.29, 0.717) is 34.5 Å². The van der Waals surface area contributed by atoms with Crippen molar-refractivity contribution in [3.8, 4) is 5.69 Å². The van der Waals surface area contributed by atoms with Gasteiger partial charge in [0.15, 0.2) is 0 Å². The number of hydrogen-bond acceptors (Lipinski definition) is 3. The lowest BCUT2D eigenvalue weighted by molar-refractivity contribution is 0.0721. The number of nitrogens with zero attached hydrogens (tertiary/aromatic N) is 4. The fourth-order valence-corrected chi connectivity index (χ4v) is 4.10. The fourth-order valence-electron chi connectivity index (χ4n) is 3.55. The van der Waals surface area contributed by atoms with E-state index in [2.05, 4.69) is 15.1 Å². The predicted molar refractivity (Wildman–Crippen MR) is 105 cm³/mol. The Hall–Kier alpha value is -2.31. The Morgan fingerprint density at radius 2 is 2.04 bits per heavy atom. The molecule has 1 unspecified atom stereocenters. The van der Waals surface area contributed by atoms with Gasteiger partial charge < -0.3 is 9.88 Å². The van der Waals surface area contributed by atoms with E-state index in [-0.39, 0.29) is 17.8 Å². The molecule has 1 saturated heterocycles. The number of rotatable bonds is 4. The third kappa shape index (κ3) is 3.24. The molecule has 3 aromatic rings. The first-order chi connectivity index (χ1) is 13.1. The Balaban J connectivity index is 1.71. The summed E-state index contributed by atoms with van der Waals surface area (Å²) in [7, 11) is 0. The molecule has 0 bridgehead atoms. The van der Waals surface area contributed by atoms with Gasteiger partial charge in [0, 0.05) is 24.9 Å². The van der Waals surface area contributed by atoms with Crippen LogP contribution in [0.5, 0.6) is 0 Å². The molecular weight excluding hydrogens is 385 g/mol. The Morgan fingerprint density at radius 1 is 1.26 bits per heavy atom. The van der Waals surface area contributed by atoms with E-state index in [9.17, 15) is 4.79 Å². The van der Waals surface area contributed by atoms with Crippen LogP contribution in [0.15, 0.2) is 36.5 Å². The van der Waals surface area contributed by atoms with Crippen molar-refractivity contribution in [2.75, 3.05) is 6.54 Å². The number of nitrogens with one attached hydrogen (secondary N) is 1. The summed E-state index contributed by atoms with van der Waals surface area (Å²) < 4.78 is 1.58. The molecule has 27 heavy (non-hydrogen) atoms. The molecule has 0 aliphatic carbocycles. The van der Waals surface area contributed by atoms with E-state index in [4.69, 9.17) is 23.2 Å². The van der Waals surface area contributed by atoms with Crippen LogP contribution in [-0.2, 0) is 6.42 Å². The predicted octanol–water partition coefficient (Wildman–Crippen LogP) is 4.44. The van der Waals surface area contributed by atoms with Gasteiger partial charge in [0.2, 0.25) is 5.82 Å². The van der Waals surface area contributed by atoms with Crippen molar-refractivity contribution >= 4 is 29.1 Å². The molecule has 1 N–H and O–H groups in total. The van der Waals surface area contributed by atoms with Gasteiger partial charge >= 0.3 is 0 Å². The third-order valence-electron chi connectivity index (χ3n) is 4.83. The van der Waals surface area contributed by atoms with Gasteiger partial charge in [0.05, 0.1) is 16.1 Å². The van der Waals surface area contributed by atoms with Gasteiger partial charge in [-0.25, -0.2) is 9.67 Å². The molecule has 1 atom stereocenters. The average molecular weight is 404 g/mol. The van der Waals surface area contributed by atoms with Crippen LogP contribution in [0, 0.1) is 0 Å². The van der Waals surface area contributed by atoms with Crippen molar-refractivity contribution in [3.63, 3.8) is 0 Å². The fraction of sp³-hybridized carbons (Fsp3) is 0.316. The molecule has 0 spiro atoms. The van der Waals surface area contributed by atoms with Gasteiger partial charge in [-0.1, -0.05) is 36.2 Å². The van der Waals surface area contributed by atoms with E-state index in [1.807, 2.05) is 30.2 Å².